The molecule has 0 spiro atoms. The lowest BCUT2D eigenvalue weighted by molar-refractivity contribution is -0.178. The number of halogens is 2. The Morgan fingerprint density at radius 3 is 2.23 bits per heavy atom. The number of phenolic OH excluding ortho intramolecular Hbond substituents is 2. The normalized spacial score (nSPS) is 19.3. The third-order valence-corrected chi connectivity index (χ3v) is 4.88. The minimum absolute atomic E-state index is 0.153. The van der Waals surface area contributed by atoms with Crippen LogP contribution in [-0.2, 0) is 15.3 Å². The lowest BCUT2D eigenvalue weighted by Crippen LogP contribution is -2.35. The van der Waals surface area contributed by atoms with Crippen molar-refractivity contribution in [2.75, 3.05) is 13.2 Å². The van der Waals surface area contributed by atoms with Gasteiger partial charge in [0.05, 0.1) is 24.3 Å². The SMILES string of the molecule is CCCCOC1=CC(O)(OCCCC)c2c(O)c(Cl)c(Cl)c(O)c2C1=O. The lowest BCUT2D eigenvalue weighted by atomic mass is 9.88. The summed E-state index contributed by atoms with van der Waals surface area (Å²) < 4.78 is 11.0. The Labute approximate surface area is 161 Å². The summed E-state index contributed by atoms with van der Waals surface area (Å²) in [6.45, 7) is 4.31. The van der Waals surface area contributed by atoms with Crippen molar-refractivity contribution in [1.82, 2.24) is 0 Å². The molecule has 1 aliphatic carbocycles. The summed E-state index contributed by atoms with van der Waals surface area (Å²) >= 11 is 11.8. The highest BCUT2D eigenvalue weighted by Gasteiger charge is 2.45. The largest absolute Gasteiger partial charge is 0.506 e. The number of aliphatic hydroxyl groups is 1. The van der Waals surface area contributed by atoms with Gasteiger partial charge in [0.1, 0.15) is 21.5 Å². The summed E-state index contributed by atoms with van der Waals surface area (Å²) in [6.07, 6.45) is 4.09. The van der Waals surface area contributed by atoms with Gasteiger partial charge >= 0.3 is 0 Å². The fourth-order valence-electron chi connectivity index (χ4n) is 2.59. The van der Waals surface area contributed by atoms with Gasteiger partial charge in [-0.05, 0) is 12.8 Å². The van der Waals surface area contributed by atoms with Gasteiger partial charge < -0.3 is 24.8 Å². The molecule has 1 aliphatic rings. The van der Waals surface area contributed by atoms with Crippen molar-refractivity contribution in [2.24, 2.45) is 0 Å². The molecule has 0 aliphatic heterocycles. The molecule has 26 heavy (non-hydrogen) atoms. The fraction of sp³-hybridized carbons (Fsp3) is 0.500. The van der Waals surface area contributed by atoms with E-state index in [4.69, 9.17) is 32.7 Å². The first kappa shape index (κ1) is 20.8. The number of rotatable bonds is 8. The number of hydrogen-bond acceptors (Lipinski definition) is 6. The zero-order valence-corrected chi connectivity index (χ0v) is 16.2. The first-order chi connectivity index (χ1) is 12.3. The molecule has 3 N–H and O–H groups in total. The van der Waals surface area contributed by atoms with Crippen LogP contribution < -0.4 is 0 Å². The molecule has 1 aromatic rings. The second-order valence-corrected chi connectivity index (χ2v) is 6.77. The average Bonchev–Trinajstić information content (AvgIpc) is 2.61. The molecule has 0 fully saturated rings. The van der Waals surface area contributed by atoms with Gasteiger partial charge in [0, 0.05) is 6.08 Å². The number of carbonyl (C=O) groups is 1. The third kappa shape index (κ3) is 3.78. The smallest absolute Gasteiger partial charge is 0.231 e. The molecular formula is C18H22Cl2O6. The van der Waals surface area contributed by atoms with Gasteiger partial charge in [-0.25, -0.2) is 0 Å². The molecule has 2 rings (SSSR count). The van der Waals surface area contributed by atoms with E-state index in [2.05, 4.69) is 0 Å². The Morgan fingerprint density at radius 1 is 1.04 bits per heavy atom. The van der Waals surface area contributed by atoms with E-state index in [1.165, 1.54) is 0 Å². The Bertz CT molecular complexity index is 731. The number of ether oxygens (including phenoxy) is 2. The summed E-state index contributed by atoms with van der Waals surface area (Å²) in [7, 11) is 0. The summed E-state index contributed by atoms with van der Waals surface area (Å²) in [5.41, 5.74) is -0.724. The monoisotopic (exact) mass is 404 g/mol. The lowest BCUT2D eigenvalue weighted by Gasteiger charge is -2.33. The number of benzene rings is 1. The number of hydrogen-bond donors (Lipinski definition) is 3. The number of fused-ring (bicyclic) bond motifs is 1. The number of carbonyl (C=O) groups excluding carboxylic acids is 1. The summed E-state index contributed by atoms with van der Waals surface area (Å²) in [4.78, 5) is 12.7. The number of allylic oxidation sites excluding steroid dienone is 1. The van der Waals surface area contributed by atoms with Crippen LogP contribution in [0.15, 0.2) is 11.8 Å². The Hall–Kier alpha value is -1.47. The molecule has 6 nitrogen and oxygen atoms in total. The van der Waals surface area contributed by atoms with Crippen LogP contribution >= 0.6 is 23.2 Å². The van der Waals surface area contributed by atoms with Gasteiger partial charge in [-0.15, -0.1) is 0 Å². The minimum atomic E-state index is -2.18. The van der Waals surface area contributed by atoms with E-state index in [0.717, 1.165) is 18.9 Å². The standard InChI is InChI=1S/C18H22Cl2O6/c1-3-5-7-25-10-9-18(24,26-8-6-4-2)12-11(15(10)21)16(22)13(19)14(20)17(12)23/h9,22-24H,3-8H2,1-2H3. The molecule has 1 atom stereocenters. The summed E-state index contributed by atoms with van der Waals surface area (Å²) in [6, 6.07) is 0. The second-order valence-electron chi connectivity index (χ2n) is 6.01. The zero-order chi connectivity index (χ0) is 19.5. The van der Waals surface area contributed by atoms with Gasteiger partial charge in [-0.1, -0.05) is 49.9 Å². The van der Waals surface area contributed by atoms with E-state index in [1.807, 2.05) is 13.8 Å². The predicted octanol–water partition coefficient (Wildman–Crippen LogP) is 4.26. The minimum Gasteiger partial charge on any atom is -0.506 e. The van der Waals surface area contributed by atoms with Crippen molar-refractivity contribution in [1.29, 1.82) is 0 Å². The topological polar surface area (TPSA) is 96.2 Å². The van der Waals surface area contributed by atoms with Gasteiger partial charge in [0.15, 0.2) is 5.76 Å². The average molecular weight is 405 g/mol. The number of phenols is 2. The summed E-state index contributed by atoms with van der Waals surface area (Å²) in [5, 5.41) is 30.9. The number of ketones is 1. The van der Waals surface area contributed by atoms with Crippen LogP contribution in [0.5, 0.6) is 11.5 Å². The van der Waals surface area contributed by atoms with Crippen LogP contribution in [-0.4, -0.2) is 34.3 Å². The van der Waals surface area contributed by atoms with Crippen molar-refractivity contribution in [2.45, 2.75) is 45.3 Å². The highest BCUT2D eigenvalue weighted by Crippen LogP contribution is 2.51. The van der Waals surface area contributed by atoms with Crippen LogP contribution in [0.25, 0.3) is 0 Å². The molecule has 144 valence electrons. The number of Topliss-reactive ketones (excluding diaryl/α,β-unsaturated/α-hetero) is 1. The molecule has 0 saturated heterocycles. The molecule has 1 unspecified atom stereocenters. The van der Waals surface area contributed by atoms with Gasteiger partial charge in [0.2, 0.25) is 11.6 Å². The van der Waals surface area contributed by atoms with E-state index in [-0.39, 0.29) is 40.1 Å². The van der Waals surface area contributed by atoms with Crippen molar-refractivity contribution in [3.05, 3.63) is 33.0 Å². The van der Waals surface area contributed by atoms with Crippen molar-refractivity contribution >= 4 is 29.0 Å². The molecule has 0 amide bonds. The Morgan fingerprint density at radius 2 is 1.62 bits per heavy atom. The van der Waals surface area contributed by atoms with Gasteiger partial charge in [-0.2, -0.15) is 0 Å². The third-order valence-electron chi connectivity index (χ3n) is 4.04. The summed E-state index contributed by atoms with van der Waals surface area (Å²) in [5.74, 6) is -4.35. The maximum absolute atomic E-state index is 12.7. The van der Waals surface area contributed by atoms with Gasteiger partial charge in [-0.3, -0.25) is 4.79 Å². The van der Waals surface area contributed by atoms with Gasteiger partial charge in [0.25, 0.3) is 0 Å². The molecule has 0 heterocycles. The Balaban J connectivity index is 2.59. The highest BCUT2D eigenvalue weighted by atomic mass is 35.5. The molecule has 0 radical (unpaired) electrons. The zero-order valence-electron chi connectivity index (χ0n) is 14.6. The first-order valence-electron chi connectivity index (χ1n) is 8.48. The second kappa shape index (κ2) is 8.48. The number of unbranched alkanes of at least 4 members (excludes halogenated alkanes) is 2. The van der Waals surface area contributed by atoms with E-state index in [0.29, 0.717) is 12.8 Å². The molecular weight excluding hydrogens is 383 g/mol. The maximum Gasteiger partial charge on any atom is 0.231 e. The highest BCUT2D eigenvalue weighted by molar-refractivity contribution is 6.44. The number of aromatic hydroxyl groups is 2. The van der Waals surface area contributed by atoms with Crippen LogP contribution in [0, 0.1) is 0 Å². The van der Waals surface area contributed by atoms with Crippen molar-refractivity contribution in [3.8, 4) is 11.5 Å². The Kier molecular flexibility index (Phi) is 6.80. The maximum atomic E-state index is 12.7. The first-order valence-corrected chi connectivity index (χ1v) is 9.24. The van der Waals surface area contributed by atoms with Crippen LogP contribution in [0.3, 0.4) is 0 Å². The molecule has 0 bridgehead atoms. The van der Waals surface area contributed by atoms with E-state index in [1.54, 1.807) is 0 Å². The fourth-order valence-corrected chi connectivity index (χ4v) is 2.96. The molecule has 8 heteroatoms. The van der Waals surface area contributed by atoms with Crippen LogP contribution in [0.1, 0.15) is 55.5 Å². The van der Waals surface area contributed by atoms with Crippen molar-refractivity contribution < 1.29 is 29.6 Å². The predicted molar refractivity (Wildman–Crippen MR) is 97.8 cm³/mol. The van der Waals surface area contributed by atoms with Crippen LogP contribution in [0.2, 0.25) is 10.0 Å². The van der Waals surface area contributed by atoms with E-state index in [9.17, 15) is 20.1 Å². The quantitative estimate of drug-likeness (QED) is 0.340. The molecule has 0 aromatic heterocycles. The van der Waals surface area contributed by atoms with Crippen molar-refractivity contribution in [3.63, 3.8) is 0 Å². The van der Waals surface area contributed by atoms with E-state index >= 15 is 0 Å². The van der Waals surface area contributed by atoms with Crippen LogP contribution in [0.4, 0.5) is 0 Å². The molecule has 1 aromatic carbocycles. The molecule has 0 saturated carbocycles. The van der Waals surface area contributed by atoms with E-state index < -0.39 is 23.1 Å².